The molecule has 0 atom stereocenters. The fourth-order valence-corrected chi connectivity index (χ4v) is 2.89. The molecule has 0 saturated carbocycles. The van der Waals surface area contributed by atoms with Gasteiger partial charge in [0.25, 0.3) is 11.8 Å². The van der Waals surface area contributed by atoms with Crippen molar-refractivity contribution in [2.24, 2.45) is 7.05 Å². The lowest BCUT2D eigenvalue weighted by Gasteiger charge is -2.13. The Balaban J connectivity index is 1.92. The lowest BCUT2D eigenvalue weighted by molar-refractivity contribution is -0.0586. The Labute approximate surface area is 138 Å². The van der Waals surface area contributed by atoms with Crippen LogP contribution in [0, 0.1) is 0 Å². The van der Waals surface area contributed by atoms with E-state index in [-0.39, 0.29) is 11.1 Å². The maximum Gasteiger partial charge on any atom is 0.367 e. The number of imide groups is 1. The van der Waals surface area contributed by atoms with Gasteiger partial charge in [-0.3, -0.25) is 14.3 Å². The molecule has 1 aliphatic rings. The summed E-state index contributed by atoms with van der Waals surface area (Å²) in [5.74, 6) is -2.01. The largest absolute Gasteiger partial charge is 0.367 e. The Kier molecular flexibility index (Phi) is 3.92. The molecule has 3 rings (SSSR count). The molecule has 1 aromatic heterocycles. The molecule has 0 radical (unpaired) electrons. The summed E-state index contributed by atoms with van der Waals surface area (Å²) in [5, 5.41) is 4.83. The van der Waals surface area contributed by atoms with Crippen molar-refractivity contribution in [3.63, 3.8) is 0 Å². The third-order valence-corrected chi connectivity index (χ3v) is 4.04. The first-order chi connectivity index (χ1) is 11.5. The minimum Gasteiger partial charge on any atom is -0.324 e. The average Bonchev–Trinajstić information content (AvgIpc) is 3.04. The van der Waals surface area contributed by atoms with Crippen LogP contribution in [-0.4, -0.2) is 32.6 Å². The van der Waals surface area contributed by atoms with E-state index in [2.05, 4.69) is 5.10 Å². The van der Waals surface area contributed by atoms with Crippen molar-refractivity contribution < 1.29 is 19.2 Å². The molecule has 7 heteroatoms. The third-order valence-electron chi connectivity index (χ3n) is 4.04. The van der Waals surface area contributed by atoms with Crippen LogP contribution >= 0.6 is 0 Å². The number of amides is 2. The van der Waals surface area contributed by atoms with Gasteiger partial charge < -0.3 is 4.84 Å². The normalized spacial score (nSPS) is 13.4. The standard InChI is InChI=1S/C17H17N3O4/c1-4-12-14(13(5-2)19(3)18-12)17(23)24-20-15(21)10-8-6-7-9-11(10)16(20)22/h6-9H,4-5H2,1-3H3. The number of aryl methyl sites for hydroxylation is 2. The fourth-order valence-electron chi connectivity index (χ4n) is 2.89. The molecular weight excluding hydrogens is 310 g/mol. The molecule has 24 heavy (non-hydrogen) atoms. The molecule has 0 saturated heterocycles. The van der Waals surface area contributed by atoms with Gasteiger partial charge in [-0.15, -0.1) is 0 Å². The van der Waals surface area contributed by atoms with E-state index in [1.807, 2.05) is 13.8 Å². The quantitative estimate of drug-likeness (QED) is 0.801. The highest BCUT2D eigenvalue weighted by atomic mass is 16.7. The van der Waals surface area contributed by atoms with Crippen LogP contribution in [0.2, 0.25) is 0 Å². The number of nitrogens with zero attached hydrogens (tertiary/aromatic N) is 3. The zero-order chi connectivity index (χ0) is 17.4. The average molecular weight is 327 g/mol. The monoisotopic (exact) mass is 327 g/mol. The number of benzene rings is 1. The van der Waals surface area contributed by atoms with Crippen molar-refractivity contribution >= 4 is 17.8 Å². The highest BCUT2D eigenvalue weighted by Gasteiger charge is 2.39. The van der Waals surface area contributed by atoms with Gasteiger partial charge in [-0.1, -0.05) is 31.0 Å². The van der Waals surface area contributed by atoms with Crippen LogP contribution in [0.5, 0.6) is 0 Å². The number of carbonyl (C=O) groups excluding carboxylic acids is 3. The molecule has 2 aromatic rings. The SMILES string of the molecule is CCc1nn(C)c(CC)c1C(=O)ON1C(=O)c2ccccc2C1=O. The van der Waals surface area contributed by atoms with E-state index in [9.17, 15) is 14.4 Å². The Morgan fingerprint density at radius 1 is 1.08 bits per heavy atom. The first-order valence-electron chi connectivity index (χ1n) is 7.74. The van der Waals surface area contributed by atoms with E-state index in [0.29, 0.717) is 34.9 Å². The van der Waals surface area contributed by atoms with E-state index in [1.165, 1.54) is 12.1 Å². The summed E-state index contributed by atoms with van der Waals surface area (Å²) in [4.78, 5) is 42.3. The van der Waals surface area contributed by atoms with Crippen molar-refractivity contribution in [1.29, 1.82) is 0 Å². The van der Waals surface area contributed by atoms with Gasteiger partial charge >= 0.3 is 5.97 Å². The number of hydrogen-bond donors (Lipinski definition) is 0. The molecule has 0 spiro atoms. The van der Waals surface area contributed by atoms with Gasteiger partial charge in [-0.2, -0.15) is 5.10 Å². The molecule has 0 N–H and O–H groups in total. The zero-order valence-electron chi connectivity index (χ0n) is 13.7. The molecule has 0 aliphatic carbocycles. The topological polar surface area (TPSA) is 81.5 Å². The van der Waals surface area contributed by atoms with Crippen LogP contribution in [0.3, 0.4) is 0 Å². The van der Waals surface area contributed by atoms with Gasteiger partial charge in [0.15, 0.2) is 0 Å². The first kappa shape index (κ1) is 15.9. The van der Waals surface area contributed by atoms with Crippen LogP contribution in [0.4, 0.5) is 0 Å². The smallest absolute Gasteiger partial charge is 0.324 e. The van der Waals surface area contributed by atoms with Crippen molar-refractivity contribution in [2.45, 2.75) is 26.7 Å². The Morgan fingerprint density at radius 2 is 1.67 bits per heavy atom. The summed E-state index contributed by atoms with van der Waals surface area (Å²) in [6.45, 7) is 3.77. The molecule has 7 nitrogen and oxygen atoms in total. The van der Waals surface area contributed by atoms with Crippen LogP contribution < -0.4 is 0 Å². The predicted octanol–water partition coefficient (Wildman–Crippen LogP) is 1.91. The van der Waals surface area contributed by atoms with E-state index >= 15 is 0 Å². The van der Waals surface area contributed by atoms with Gasteiger partial charge in [0, 0.05) is 7.05 Å². The van der Waals surface area contributed by atoms with Crippen LogP contribution in [0.15, 0.2) is 24.3 Å². The lowest BCUT2D eigenvalue weighted by atomic mass is 10.1. The van der Waals surface area contributed by atoms with Gasteiger partial charge in [-0.25, -0.2) is 4.79 Å². The number of rotatable bonds is 4. The van der Waals surface area contributed by atoms with Crippen molar-refractivity contribution in [1.82, 2.24) is 14.8 Å². The molecule has 0 unspecified atom stereocenters. The molecule has 1 aliphatic heterocycles. The van der Waals surface area contributed by atoms with Gasteiger partial charge in [0.2, 0.25) is 0 Å². The molecule has 0 fully saturated rings. The third kappa shape index (κ3) is 2.29. The second kappa shape index (κ2) is 5.92. The van der Waals surface area contributed by atoms with Crippen LogP contribution in [-0.2, 0) is 24.7 Å². The minimum atomic E-state index is -0.744. The van der Waals surface area contributed by atoms with Gasteiger partial charge in [0.1, 0.15) is 5.56 Å². The second-order valence-corrected chi connectivity index (χ2v) is 5.43. The van der Waals surface area contributed by atoms with E-state index in [1.54, 1.807) is 23.9 Å². The first-order valence-corrected chi connectivity index (χ1v) is 7.74. The van der Waals surface area contributed by atoms with Crippen molar-refractivity contribution in [3.05, 3.63) is 52.3 Å². The van der Waals surface area contributed by atoms with Gasteiger partial charge in [-0.05, 0) is 25.0 Å². The summed E-state index contributed by atoms with van der Waals surface area (Å²) in [5.41, 5.74) is 2.06. The van der Waals surface area contributed by atoms with E-state index in [0.717, 1.165) is 0 Å². The summed E-state index contributed by atoms with van der Waals surface area (Å²) in [6, 6.07) is 6.37. The molecule has 1 aromatic carbocycles. The minimum absolute atomic E-state index is 0.230. The number of fused-ring (bicyclic) bond motifs is 1. The Hall–Kier alpha value is -2.96. The number of hydrogen-bond acceptors (Lipinski definition) is 5. The summed E-state index contributed by atoms with van der Waals surface area (Å²) < 4.78 is 1.62. The second-order valence-electron chi connectivity index (χ2n) is 5.43. The predicted molar refractivity (Wildman–Crippen MR) is 84.3 cm³/mol. The van der Waals surface area contributed by atoms with Crippen LogP contribution in [0.25, 0.3) is 0 Å². The summed E-state index contributed by atoms with van der Waals surface area (Å²) in [6.07, 6.45) is 1.12. The molecule has 2 amide bonds. The van der Waals surface area contributed by atoms with E-state index in [4.69, 9.17) is 4.84 Å². The number of hydroxylamine groups is 2. The maximum absolute atomic E-state index is 12.6. The van der Waals surface area contributed by atoms with Crippen molar-refractivity contribution in [3.8, 4) is 0 Å². The van der Waals surface area contributed by atoms with Gasteiger partial charge in [0.05, 0.1) is 22.5 Å². The Morgan fingerprint density at radius 3 is 2.17 bits per heavy atom. The fraction of sp³-hybridized carbons (Fsp3) is 0.294. The van der Waals surface area contributed by atoms with Crippen molar-refractivity contribution in [2.75, 3.05) is 0 Å². The zero-order valence-corrected chi connectivity index (χ0v) is 13.7. The highest BCUT2D eigenvalue weighted by Crippen LogP contribution is 2.24. The summed E-state index contributed by atoms with van der Waals surface area (Å²) >= 11 is 0. The molecular formula is C17H17N3O4. The number of carbonyl (C=O) groups is 3. The highest BCUT2D eigenvalue weighted by molar-refractivity contribution is 6.21. The molecule has 0 bridgehead atoms. The van der Waals surface area contributed by atoms with E-state index < -0.39 is 17.8 Å². The maximum atomic E-state index is 12.6. The summed E-state index contributed by atoms with van der Waals surface area (Å²) in [7, 11) is 1.75. The lowest BCUT2D eigenvalue weighted by Crippen LogP contribution is -2.33. The molecule has 124 valence electrons. The van der Waals surface area contributed by atoms with Crippen LogP contribution in [0.1, 0.15) is 56.3 Å². The Bertz CT molecular complexity index is 819. The molecule has 2 heterocycles. The number of aromatic nitrogens is 2.